The molecule has 0 amide bonds. The van der Waals surface area contributed by atoms with Crippen molar-refractivity contribution in [3.8, 4) is 5.75 Å². The normalized spacial score (nSPS) is 10.5. The Morgan fingerprint density at radius 2 is 2.47 bits per heavy atom. The number of ether oxygens (including phenoxy) is 1. The van der Waals surface area contributed by atoms with Gasteiger partial charge in [0.25, 0.3) is 5.76 Å². The third kappa shape index (κ3) is 1.52. The number of furan rings is 1. The number of rotatable bonds is 2. The molecule has 0 unspecified atom stereocenters. The summed E-state index contributed by atoms with van der Waals surface area (Å²) in [6, 6.07) is 1.57. The second-order valence-corrected chi connectivity index (χ2v) is 2.87. The van der Waals surface area contributed by atoms with E-state index >= 15 is 0 Å². The van der Waals surface area contributed by atoms with E-state index in [0.717, 1.165) is 0 Å². The molecular weight excluding hydrogens is 198 g/mol. The fourth-order valence-corrected chi connectivity index (χ4v) is 1.27. The molecule has 0 saturated carbocycles. The highest BCUT2D eigenvalue weighted by Gasteiger charge is 2.20. The zero-order chi connectivity index (χ0) is 10.8. The Hall–Kier alpha value is -2.04. The molecule has 1 N–H and O–H groups in total. The fraction of sp³-hybridized carbons (Fsp3) is 0.200. The smallest absolute Gasteiger partial charge is 0.378 e. The summed E-state index contributed by atoms with van der Waals surface area (Å²) in [6.45, 7) is 1.91. The molecule has 0 radical (unpaired) electrons. The highest BCUT2D eigenvalue weighted by Crippen LogP contribution is 2.31. The van der Waals surface area contributed by atoms with Gasteiger partial charge < -0.3 is 14.3 Å². The second-order valence-electron chi connectivity index (χ2n) is 2.87. The van der Waals surface area contributed by atoms with Gasteiger partial charge in [0.2, 0.25) is 0 Å². The van der Waals surface area contributed by atoms with E-state index in [4.69, 9.17) is 9.15 Å². The number of fused-ring (bicyclic) bond motifs is 1. The number of aromatic nitrogens is 1. The summed E-state index contributed by atoms with van der Waals surface area (Å²) in [4.78, 5) is 15.2. The Bertz CT molecular complexity index is 503. The molecule has 2 rings (SSSR count). The van der Waals surface area contributed by atoms with Gasteiger partial charge in [0.1, 0.15) is 0 Å². The first kappa shape index (κ1) is 9.51. The van der Waals surface area contributed by atoms with E-state index in [1.807, 2.05) is 0 Å². The minimum Gasteiger partial charge on any atom is -0.504 e. The van der Waals surface area contributed by atoms with Crippen LogP contribution in [0.1, 0.15) is 17.5 Å². The third-order valence-electron chi connectivity index (χ3n) is 1.93. The van der Waals surface area contributed by atoms with Crippen molar-refractivity contribution in [2.75, 3.05) is 6.61 Å². The van der Waals surface area contributed by atoms with Crippen LogP contribution in [0, 0.1) is 0 Å². The van der Waals surface area contributed by atoms with E-state index in [9.17, 15) is 9.90 Å². The Kier molecular flexibility index (Phi) is 2.29. The molecule has 2 aromatic heterocycles. The zero-order valence-electron chi connectivity index (χ0n) is 8.06. The van der Waals surface area contributed by atoms with Crippen molar-refractivity contribution >= 4 is 16.9 Å². The maximum Gasteiger partial charge on any atom is 0.378 e. The first-order chi connectivity index (χ1) is 7.24. The van der Waals surface area contributed by atoms with E-state index in [1.54, 1.807) is 13.0 Å². The van der Waals surface area contributed by atoms with Crippen molar-refractivity contribution in [2.45, 2.75) is 6.92 Å². The molecule has 0 aliphatic rings. The molecule has 15 heavy (non-hydrogen) atoms. The lowest BCUT2D eigenvalue weighted by atomic mass is 10.3. The summed E-state index contributed by atoms with van der Waals surface area (Å²) in [5.41, 5.74) is 0.359. The summed E-state index contributed by atoms with van der Waals surface area (Å²) in [7, 11) is 0. The molecule has 5 nitrogen and oxygen atoms in total. The average molecular weight is 207 g/mol. The Morgan fingerprint density at radius 1 is 1.67 bits per heavy atom. The van der Waals surface area contributed by atoms with Gasteiger partial charge in [0.15, 0.2) is 11.3 Å². The number of nitrogens with zero attached hydrogens (tertiary/aromatic N) is 1. The van der Waals surface area contributed by atoms with E-state index in [-0.39, 0.29) is 18.1 Å². The fourth-order valence-electron chi connectivity index (χ4n) is 1.27. The molecule has 0 atom stereocenters. The van der Waals surface area contributed by atoms with Crippen LogP contribution < -0.4 is 0 Å². The van der Waals surface area contributed by atoms with Crippen LogP contribution in [-0.4, -0.2) is 22.7 Å². The first-order valence-electron chi connectivity index (χ1n) is 4.46. The van der Waals surface area contributed by atoms with E-state index < -0.39 is 5.97 Å². The lowest BCUT2D eigenvalue weighted by Crippen LogP contribution is -2.02. The van der Waals surface area contributed by atoms with Gasteiger partial charge in [-0.1, -0.05) is 0 Å². The van der Waals surface area contributed by atoms with Gasteiger partial charge in [0.05, 0.1) is 18.2 Å². The van der Waals surface area contributed by atoms with Crippen LogP contribution in [0.5, 0.6) is 5.75 Å². The molecule has 0 aliphatic heterocycles. The summed E-state index contributed by atoms with van der Waals surface area (Å²) in [5, 5.41) is 10.1. The van der Waals surface area contributed by atoms with Crippen molar-refractivity contribution in [3.05, 3.63) is 24.2 Å². The van der Waals surface area contributed by atoms with Gasteiger partial charge in [0, 0.05) is 6.20 Å². The van der Waals surface area contributed by atoms with Crippen LogP contribution in [0.25, 0.3) is 11.0 Å². The largest absolute Gasteiger partial charge is 0.504 e. The number of pyridine rings is 1. The highest BCUT2D eigenvalue weighted by atomic mass is 16.5. The number of esters is 1. The zero-order valence-corrected chi connectivity index (χ0v) is 8.06. The van der Waals surface area contributed by atoms with Crippen LogP contribution in [0.15, 0.2) is 22.9 Å². The molecule has 2 aromatic rings. The second kappa shape index (κ2) is 3.61. The number of aromatic hydroxyl groups is 1. The predicted molar refractivity (Wildman–Crippen MR) is 51.6 cm³/mol. The summed E-state index contributed by atoms with van der Waals surface area (Å²) in [5.74, 6) is -1.06. The maximum absolute atomic E-state index is 11.3. The molecule has 2 heterocycles. The van der Waals surface area contributed by atoms with Crippen molar-refractivity contribution in [1.29, 1.82) is 0 Å². The topological polar surface area (TPSA) is 72.6 Å². The third-order valence-corrected chi connectivity index (χ3v) is 1.93. The lowest BCUT2D eigenvalue weighted by molar-refractivity contribution is 0.0488. The Morgan fingerprint density at radius 3 is 3.13 bits per heavy atom. The Balaban J connectivity index is 2.53. The quantitative estimate of drug-likeness (QED) is 0.759. The standard InChI is InChI=1S/C10H9NO4/c1-2-14-10(13)9-8(12)6-3-4-11-5-7(6)15-9/h3-5,12H,2H2,1H3. The van der Waals surface area contributed by atoms with Gasteiger partial charge >= 0.3 is 5.97 Å². The minimum atomic E-state index is -0.675. The van der Waals surface area contributed by atoms with Gasteiger partial charge in [-0.25, -0.2) is 4.79 Å². The number of hydrogen-bond acceptors (Lipinski definition) is 5. The molecule has 0 saturated heterocycles. The molecular formula is C10H9NO4. The van der Waals surface area contributed by atoms with Crippen molar-refractivity contribution in [2.24, 2.45) is 0 Å². The SMILES string of the molecule is CCOC(=O)c1oc2cnccc2c1O. The van der Waals surface area contributed by atoms with Gasteiger partial charge in [-0.2, -0.15) is 0 Å². The van der Waals surface area contributed by atoms with Crippen molar-refractivity contribution in [1.82, 2.24) is 4.98 Å². The van der Waals surface area contributed by atoms with Gasteiger partial charge in [-0.05, 0) is 13.0 Å². The van der Waals surface area contributed by atoms with Crippen LogP contribution in [0.3, 0.4) is 0 Å². The number of carbonyl (C=O) groups excluding carboxylic acids is 1. The van der Waals surface area contributed by atoms with Crippen LogP contribution >= 0.6 is 0 Å². The summed E-state index contributed by atoms with van der Waals surface area (Å²) in [6.07, 6.45) is 2.93. The molecule has 0 bridgehead atoms. The van der Waals surface area contributed by atoms with Gasteiger partial charge in [-0.3, -0.25) is 4.98 Å². The van der Waals surface area contributed by atoms with Crippen LogP contribution in [0.2, 0.25) is 0 Å². The monoisotopic (exact) mass is 207 g/mol. The van der Waals surface area contributed by atoms with E-state index in [0.29, 0.717) is 11.0 Å². The molecule has 78 valence electrons. The lowest BCUT2D eigenvalue weighted by Gasteiger charge is -1.97. The number of hydrogen-bond donors (Lipinski definition) is 1. The van der Waals surface area contributed by atoms with Crippen molar-refractivity contribution in [3.63, 3.8) is 0 Å². The minimum absolute atomic E-state index is 0.181. The van der Waals surface area contributed by atoms with Gasteiger partial charge in [-0.15, -0.1) is 0 Å². The first-order valence-corrected chi connectivity index (χ1v) is 4.46. The highest BCUT2D eigenvalue weighted by molar-refractivity contribution is 5.98. The van der Waals surface area contributed by atoms with Crippen molar-refractivity contribution < 1.29 is 19.1 Å². The van der Waals surface area contributed by atoms with E-state index in [2.05, 4.69) is 4.98 Å². The molecule has 0 aliphatic carbocycles. The van der Waals surface area contributed by atoms with Crippen LogP contribution in [0.4, 0.5) is 0 Å². The van der Waals surface area contributed by atoms with E-state index in [1.165, 1.54) is 12.4 Å². The molecule has 0 fully saturated rings. The Labute approximate surface area is 85.3 Å². The predicted octanol–water partition coefficient (Wildman–Crippen LogP) is 1.71. The summed E-state index contributed by atoms with van der Waals surface area (Å²) < 4.78 is 9.85. The maximum atomic E-state index is 11.3. The average Bonchev–Trinajstić information content (AvgIpc) is 2.57. The molecule has 5 heteroatoms. The van der Waals surface area contributed by atoms with Crippen LogP contribution in [-0.2, 0) is 4.74 Å². The summed E-state index contributed by atoms with van der Waals surface area (Å²) >= 11 is 0. The number of carbonyl (C=O) groups is 1. The molecule has 0 spiro atoms. The molecule has 0 aromatic carbocycles.